The smallest absolute Gasteiger partial charge is 0.243 e. The summed E-state index contributed by atoms with van der Waals surface area (Å²) in [6.45, 7) is 2.00. The van der Waals surface area contributed by atoms with Gasteiger partial charge in [0.2, 0.25) is 5.91 Å². The molecule has 0 bridgehead atoms. The molecule has 0 spiro atoms. The quantitative estimate of drug-likeness (QED) is 0.798. The molecule has 3 N–H and O–H groups in total. The second-order valence-corrected chi connectivity index (χ2v) is 6.74. The minimum absolute atomic E-state index is 0. The topological polar surface area (TPSA) is 68.0 Å². The van der Waals surface area contributed by atoms with E-state index in [2.05, 4.69) is 26.2 Å². The van der Waals surface area contributed by atoms with E-state index in [1.54, 1.807) is 11.3 Å². The molecular weight excluding hydrogens is 382 g/mol. The second-order valence-electron chi connectivity index (χ2n) is 4.05. The number of hydrogen-bond acceptors (Lipinski definition) is 5. The Morgan fingerprint density at radius 2 is 2.25 bits per heavy atom. The number of rotatable bonds is 5. The maximum atomic E-state index is 11.8. The fourth-order valence-electron chi connectivity index (χ4n) is 1.53. The van der Waals surface area contributed by atoms with E-state index in [9.17, 15) is 4.79 Å². The Bertz CT molecular complexity index is 573. The normalized spacial score (nSPS) is 11.8. The van der Waals surface area contributed by atoms with Crippen molar-refractivity contribution >= 4 is 62.0 Å². The van der Waals surface area contributed by atoms with E-state index in [0.717, 1.165) is 21.5 Å². The predicted molar refractivity (Wildman–Crippen MR) is 91.9 cm³/mol. The summed E-state index contributed by atoms with van der Waals surface area (Å²) in [4.78, 5) is 17.2. The van der Waals surface area contributed by atoms with Gasteiger partial charge in [-0.05, 0) is 28.4 Å². The largest absolute Gasteiger partial charge is 0.320 e. The molecule has 0 aliphatic rings. The highest BCUT2D eigenvalue weighted by molar-refractivity contribution is 9.10. The summed E-state index contributed by atoms with van der Waals surface area (Å²) in [7, 11) is 0. The van der Waals surface area contributed by atoms with Gasteiger partial charge in [0.25, 0.3) is 0 Å². The van der Waals surface area contributed by atoms with Crippen LogP contribution in [0.15, 0.2) is 21.3 Å². The van der Waals surface area contributed by atoms with Crippen LogP contribution in [0.25, 0.3) is 10.6 Å². The SMILES string of the molecule is CCCC(N)C(=O)Nc1nc(-c2cc(Br)cs2)cs1.Cl. The first-order chi connectivity index (χ1) is 9.10. The van der Waals surface area contributed by atoms with Crippen molar-refractivity contribution in [1.29, 1.82) is 0 Å². The Hall–Kier alpha value is -0.470. The molecule has 1 unspecified atom stereocenters. The molecule has 0 saturated heterocycles. The molecule has 2 heterocycles. The Morgan fingerprint density at radius 3 is 2.85 bits per heavy atom. The van der Waals surface area contributed by atoms with Gasteiger partial charge in [-0.25, -0.2) is 4.98 Å². The van der Waals surface area contributed by atoms with Gasteiger partial charge in [0.1, 0.15) is 0 Å². The first-order valence-corrected chi connectivity index (χ1v) is 8.41. The van der Waals surface area contributed by atoms with Gasteiger partial charge >= 0.3 is 0 Å². The van der Waals surface area contributed by atoms with Crippen molar-refractivity contribution in [2.75, 3.05) is 5.32 Å². The number of nitrogens with two attached hydrogens (primary N) is 1. The molecule has 0 aliphatic carbocycles. The summed E-state index contributed by atoms with van der Waals surface area (Å²) in [6, 6.07) is 1.54. The third kappa shape index (κ3) is 4.53. The molecule has 0 saturated carbocycles. The molecule has 2 aromatic heterocycles. The summed E-state index contributed by atoms with van der Waals surface area (Å²) in [5, 5.41) is 7.29. The number of anilines is 1. The Balaban J connectivity index is 0.00000200. The summed E-state index contributed by atoms with van der Waals surface area (Å²) in [6.07, 6.45) is 1.57. The number of carbonyl (C=O) groups excluding carboxylic acids is 1. The van der Waals surface area contributed by atoms with Crippen LogP contribution < -0.4 is 11.1 Å². The molecule has 1 atom stereocenters. The first-order valence-electron chi connectivity index (χ1n) is 5.86. The van der Waals surface area contributed by atoms with Crippen LogP contribution in [0.2, 0.25) is 0 Å². The number of carbonyl (C=O) groups is 1. The van der Waals surface area contributed by atoms with Crippen LogP contribution >= 0.6 is 51.0 Å². The molecule has 1 amide bonds. The zero-order valence-electron chi connectivity index (χ0n) is 10.8. The van der Waals surface area contributed by atoms with E-state index >= 15 is 0 Å². The summed E-state index contributed by atoms with van der Waals surface area (Å²) in [5.41, 5.74) is 6.63. The maximum absolute atomic E-state index is 11.8. The van der Waals surface area contributed by atoms with Gasteiger partial charge in [-0.3, -0.25) is 4.79 Å². The molecule has 110 valence electrons. The fraction of sp³-hybridized carbons (Fsp3) is 0.333. The molecule has 2 aromatic rings. The van der Waals surface area contributed by atoms with E-state index in [4.69, 9.17) is 5.73 Å². The standard InChI is InChI=1S/C12H14BrN3OS2.ClH/c1-2-3-8(14)11(17)16-12-15-9(6-19-12)10-4-7(13)5-18-10;/h4-6,8H,2-3,14H2,1H3,(H,15,16,17);1H. The summed E-state index contributed by atoms with van der Waals surface area (Å²) >= 11 is 6.43. The highest BCUT2D eigenvalue weighted by atomic mass is 79.9. The van der Waals surface area contributed by atoms with Crippen LogP contribution in [0, 0.1) is 0 Å². The maximum Gasteiger partial charge on any atom is 0.243 e. The number of halogens is 2. The molecular formula is C12H15BrClN3OS2. The lowest BCUT2D eigenvalue weighted by atomic mass is 10.2. The molecule has 0 aromatic carbocycles. The van der Waals surface area contributed by atoms with Gasteiger partial charge in [0.15, 0.2) is 5.13 Å². The van der Waals surface area contributed by atoms with Crippen molar-refractivity contribution in [2.24, 2.45) is 5.73 Å². The fourth-order valence-corrected chi connectivity index (χ4v) is 3.71. The zero-order chi connectivity index (χ0) is 13.8. The number of amides is 1. The number of thiazole rings is 1. The summed E-state index contributed by atoms with van der Waals surface area (Å²) in [5.74, 6) is -0.171. The molecule has 0 radical (unpaired) electrons. The molecule has 2 rings (SSSR count). The van der Waals surface area contributed by atoms with Gasteiger partial charge in [-0.1, -0.05) is 13.3 Å². The van der Waals surface area contributed by atoms with Crippen LogP contribution in [0.1, 0.15) is 19.8 Å². The van der Waals surface area contributed by atoms with E-state index in [1.165, 1.54) is 11.3 Å². The number of hydrogen-bond donors (Lipinski definition) is 2. The lowest BCUT2D eigenvalue weighted by Crippen LogP contribution is -2.35. The number of aromatic nitrogens is 1. The van der Waals surface area contributed by atoms with Gasteiger partial charge in [-0.2, -0.15) is 0 Å². The number of nitrogens with zero attached hydrogens (tertiary/aromatic N) is 1. The third-order valence-corrected chi connectivity index (χ3v) is 4.96. The summed E-state index contributed by atoms with van der Waals surface area (Å²) < 4.78 is 1.04. The van der Waals surface area contributed by atoms with Crippen molar-refractivity contribution in [3.05, 3.63) is 21.3 Å². The van der Waals surface area contributed by atoms with Crippen molar-refractivity contribution in [1.82, 2.24) is 4.98 Å². The van der Waals surface area contributed by atoms with Gasteiger partial charge in [-0.15, -0.1) is 35.1 Å². The average molecular weight is 397 g/mol. The predicted octanol–water partition coefficient (Wildman–Crippen LogP) is 4.12. The monoisotopic (exact) mass is 395 g/mol. The van der Waals surface area contributed by atoms with Crippen LogP contribution in [0.4, 0.5) is 5.13 Å². The van der Waals surface area contributed by atoms with Crippen LogP contribution in [0.5, 0.6) is 0 Å². The highest BCUT2D eigenvalue weighted by Crippen LogP contribution is 2.31. The molecule has 20 heavy (non-hydrogen) atoms. The first kappa shape index (κ1) is 17.6. The third-order valence-electron chi connectivity index (χ3n) is 2.49. The average Bonchev–Trinajstić information content (AvgIpc) is 2.98. The van der Waals surface area contributed by atoms with Crippen molar-refractivity contribution < 1.29 is 4.79 Å². The minimum Gasteiger partial charge on any atom is -0.320 e. The molecule has 0 aliphatic heterocycles. The van der Waals surface area contributed by atoms with Crippen LogP contribution in [0.3, 0.4) is 0 Å². The van der Waals surface area contributed by atoms with Crippen LogP contribution in [-0.4, -0.2) is 16.9 Å². The molecule has 4 nitrogen and oxygen atoms in total. The van der Waals surface area contributed by atoms with E-state index < -0.39 is 6.04 Å². The molecule has 8 heteroatoms. The number of nitrogens with one attached hydrogen (secondary N) is 1. The van der Waals surface area contributed by atoms with E-state index in [0.29, 0.717) is 11.6 Å². The van der Waals surface area contributed by atoms with Gasteiger partial charge < -0.3 is 11.1 Å². The second kappa shape index (κ2) is 8.09. The Kier molecular flexibility index (Phi) is 7.11. The lowest BCUT2D eigenvalue weighted by Gasteiger charge is -2.08. The van der Waals surface area contributed by atoms with E-state index in [1.807, 2.05) is 23.8 Å². The van der Waals surface area contributed by atoms with Crippen LogP contribution in [-0.2, 0) is 4.79 Å². The highest BCUT2D eigenvalue weighted by Gasteiger charge is 2.14. The number of thiophene rings is 1. The minimum atomic E-state index is -0.465. The van der Waals surface area contributed by atoms with Crippen molar-refractivity contribution in [3.8, 4) is 10.6 Å². The van der Waals surface area contributed by atoms with Crippen molar-refractivity contribution in [3.63, 3.8) is 0 Å². The van der Waals surface area contributed by atoms with Gasteiger partial charge in [0, 0.05) is 15.2 Å². The Morgan fingerprint density at radius 1 is 1.50 bits per heavy atom. The Labute approximate surface area is 140 Å². The zero-order valence-corrected chi connectivity index (χ0v) is 14.8. The van der Waals surface area contributed by atoms with Crippen molar-refractivity contribution in [2.45, 2.75) is 25.8 Å². The van der Waals surface area contributed by atoms with Gasteiger partial charge in [0.05, 0.1) is 16.6 Å². The van der Waals surface area contributed by atoms with E-state index in [-0.39, 0.29) is 18.3 Å². The lowest BCUT2D eigenvalue weighted by molar-refractivity contribution is -0.117. The molecule has 0 fully saturated rings.